The lowest BCUT2D eigenvalue weighted by molar-refractivity contribution is -0.145. The number of carboxylic acids is 1. The normalized spacial score (nSPS) is 26.5. The molecule has 0 unspecified atom stereocenters. The first-order valence-electron chi connectivity index (χ1n) is 16.3. The largest absolute Gasteiger partial charge is 0.479 e. The Bertz CT molecular complexity index is 1750. The van der Waals surface area contributed by atoms with Gasteiger partial charge in [0, 0.05) is 25.6 Å². The number of carbonyl (C=O) groups is 4. The topological polar surface area (TPSA) is 178 Å². The Labute approximate surface area is 281 Å². The van der Waals surface area contributed by atoms with E-state index in [9.17, 15) is 24.3 Å². The monoisotopic (exact) mass is 679 g/mol. The summed E-state index contributed by atoms with van der Waals surface area (Å²) in [5.74, 6) is -1.79. The molecule has 5 heterocycles. The molecule has 3 aromatic rings. The van der Waals surface area contributed by atoms with Crippen LogP contribution in [0.5, 0.6) is 5.88 Å². The van der Waals surface area contributed by atoms with Crippen LogP contribution in [0.3, 0.4) is 0 Å². The standard InChI is InChI=1S/C33H41N7O7S/c1-32(2,3)47-31(45)36-22-11-9-7-5-6-8-10-19-17-33(19,30(43)44)38-27(41)24-16-20(18-40(24)29(22)42)46-28-25-21(13-15-48-25)35-26(37-28)23-12-14-34-39(23)4/h8,10,12-15,19-20,22,24H,5-7,9,11,16-18H2,1-4H3,(H,36,45)(H,38,41)(H,43,44)/t19-,20-,22+,24+,33-/m1/s1. The number of amides is 3. The molecule has 1 saturated carbocycles. The van der Waals surface area contributed by atoms with Crippen LogP contribution in [0.4, 0.5) is 4.79 Å². The van der Waals surface area contributed by atoms with Crippen LogP contribution >= 0.6 is 11.3 Å². The molecule has 256 valence electrons. The van der Waals surface area contributed by atoms with Crippen molar-refractivity contribution in [2.24, 2.45) is 13.0 Å². The van der Waals surface area contributed by atoms with Gasteiger partial charge >= 0.3 is 12.1 Å². The summed E-state index contributed by atoms with van der Waals surface area (Å²) in [4.78, 5) is 64.3. The van der Waals surface area contributed by atoms with Gasteiger partial charge in [-0.1, -0.05) is 25.0 Å². The van der Waals surface area contributed by atoms with E-state index in [4.69, 9.17) is 14.5 Å². The number of nitrogens with zero attached hydrogens (tertiary/aromatic N) is 5. The molecule has 1 aliphatic carbocycles. The number of aryl methyl sites for hydroxylation is 1. The van der Waals surface area contributed by atoms with Gasteiger partial charge in [-0.05, 0) is 64.0 Å². The quantitative estimate of drug-likeness (QED) is 0.336. The summed E-state index contributed by atoms with van der Waals surface area (Å²) in [6, 6.07) is 1.65. The van der Waals surface area contributed by atoms with E-state index in [1.54, 1.807) is 44.8 Å². The zero-order valence-corrected chi connectivity index (χ0v) is 28.3. The van der Waals surface area contributed by atoms with E-state index >= 15 is 0 Å². The van der Waals surface area contributed by atoms with E-state index < -0.39 is 53.2 Å². The number of aliphatic carboxylic acids is 1. The molecule has 3 aliphatic rings. The zero-order valence-electron chi connectivity index (χ0n) is 27.5. The van der Waals surface area contributed by atoms with Crippen LogP contribution in [0.15, 0.2) is 35.9 Å². The SMILES string of the molecule is Cn1nccc1-c1nc(O[C@@H]2C[C@H]3C(=O)N[C@]4(C(=O)O)C[C@H]4C=CCCCCC[C@H](NC(=O)OC(C)(C)C)C(=O)N3C2)c2sccc2n1. The molecule has 0 spiro atoms. The highest BCUT2D eigenvalue weighted by atomic mass is 32.1. The number of thiophene rings is 1. The number of carbonyl (C=O) groups excluding carboxylic acids is 3. The summed E-state index contributed by atoms with van der Waals surface area (Å²) in [5, 5.41) is 21.8. The fourth-order valence-corrected chi connectivity index (χ4v) is 7.14. The molecule has 15 heteroatoms. The molecule has 14 nitrogen and oxygen atoms in total. The van der Waals surface area contributed by atoms with E-state index in [-0.39, 0.29) is 25.3 Å². The number of alkyl carbamates (subject to hydrolysis) is 1. The first-order chi connectivity index (χ1) is 22.8. The molecule has 2 aliphatic heterocycles. The van der Waals surface area contributed by atoms with Gasteiger partial charge in [-0.25, -0.2) is 14.6 Å². The average Bonchev–Trinajstić information content (AvgIpc) is 3.40. The predicted molar refractivity (Wildman–Crippen MR) is 176 cm³/mol. The Morgan fingerprint density at radius 2 is 1.98 bits per heavy atom. The second kappa shape index (κ2) is 13.2. The van der Waals surface area contributed by atoms with Crippen molar-refractivity contribution < 1.29 is 33.8 Å². The smallest absolute Gasteiger partial charge is 0.408 e. The molecule has 2 fully saturated rings. The van der Waals surface area contributed by atoms with Crippen LogP contribution in [0, 0.1) is 5.92 Å². The van der Waals surface area contributed by atoms with E-state index in [1.165, 1.54) is 16.2 Å². The van der Waals surface area contributed by atoms with Crippen LogP contribution in [-0.2, 0) is 26.2 Å². The van der Waals surface area contributed by atoms with Crippen LogP contribution in [0.1, 0.15) is 65.7 Å². The number of nitrogens with one attached hydrogen (secondary N) is 2. The minimum atomic E-state index is -1.44. The van der Waals surface area contributed by atoms with Gasteiger partial charge in [0.15, 0.2) is 5.82 Å². The number of hydrogen-bond donors (Lipinski definition) is 3. The summed E-state index contributed by atoms with van der Waals surface area (Å²) in [6.45, 7) is 5.23. The molecule has 0 radical (unpaired) electrons. The molecule has 0 bridgehead atoms. The van der Waals surface area contributed by atoms with Crippen LogP contribution in [0.25, 0.3) is 21.7 Å². The fourth-order valence-electron chi connectivity index (χ4n) is 6.38. The molecular formula is C33H41N7O7S. The van der Waals surface area contributed by atoms with Gasteiger partial charge in [0.05, 0.1) is 12.1 Å². The Morgan fingerprint density at radius 3 is 2.71 bits per heavy atom. The number of aromatic nitrogens is 4. The molecule has 1 saturated heterocycles. The van der Waals surface area contributed by atoms with Crippen molar-refractivity contribution in [3.63, 3.8) is 0 Å². The molecule has 3 N–H and O–H groups in total. The second-order valence-corrected chi connectivity index (χ2v) is 14.6. The van der Waals surface area contributed by atoms with E-state index in [0.29, 0.717) is 40.5 Å². The maximum absolute atomic E-state index is 14.3. The lowest BCUT2D eigenvalue weighted by Crippen LogP contribution is -2.56. The molecule has 6 rings (SSSR count). The van der Waals surface area contributed by atoms with Crippen molar-refractivity contribution in [2.75, 3.05) is 6.54 Å². The summed E-state index contributed by atoms with van der Waals surface area (Å²) >= 11 is 1.41. The van der Waals surface area contributed by atoms with Gasteiger partial charge in [-0.15, -0.1) is 11.3 Å². The third-order valence-electron chi connectivity index (χ3n) is 8.91. The highest BCUT2D eigenvalue weighted by Crippen LogP contribution is 2.45. The number of rotatable bonds is 5. The highest BCUT2D eigenvalue weighted by Gasteiger charge is 2.61. The lowest BCUT2D eigenvalue weighted by atomic mass is 10.0. The minimum absolute atomic E-state index is 0.0186. The second-order valence-electron chi connectivity index (χ2n) is 13.7. The maximum Gasteiger partial charge on any atom is 0.408 e. The predicted octanol–water partition coefficient (Wildman–Crippen LogP) is 3.81. The third-order valence-corrected chi connectivity index (χ3v) is 9.80. The van der Waals surface area contributed by atoms with Crippen molar-refractivity contribution in [1.29, 1.82) is 0 Å². The van der Waals surface area contributed by atoms with E-state index in [0.717, 1.165) is 19.3 Å². The fraction of sp³-hybridized carbons (Fsp3) is 0.545. The molecule has 3 amide bonds. The van der Waals surface area contributed by atoms with Crippen LogP contribution in [0.2, 0.25) is 0 Å². The first kappa shape index (κ1) is 33.4. The molecule has 48 heavy (non-hydrogen) atoms. The van der Waals surface area contributed by atoms with Gasteiger partial charge in [0.1, 0.15) is 39.7 Å². The summed E-state index contributed by atoms with van der Waals surface area (Å²) in [6.07, 6.45) is 7.81. The number of fused-ring (bicyclic) bond motifs is 3. The third kappa shape index (κ3) is 7.00. The van der Waals surface area contributed by atoms with Gasteiger partial charge in [0.25, 0.3) is 0 Å². The molecular weight excluding hydrogens is 638 g/mol. The van der Waals surface area contributed by atoms with Crippen LogP contribution < -0.4 is 15.4 Å². The number of ether oxygens (including phenoxy) is 2. The molecule has 3 aromatic heterocycles. The summed E-state index contributed by atoms with van der Waals surface area (Å²) < 4.78 is 14.3. The van der Waals surface area contributed by atoms with Gasteiger partial charge in [0.2, 0.25) is 17.7 Å². The minimum Gasteiger partial charge on any atom is -0.479 e. The van der Waals surface area contributed by atoms with Crippen molar-refractivity contribution >= 4 is 45.4 Å². The number of hydrogen-bond acceptors (Lipinski definition) is 10. The lowest BCUT2D eigenvalue weighted by Gasteiger charge is -2.30. The van der Waals surface area contributed by atoms with Gasteiger partial charge < -0.3 is 30.1 Å². The van der Waals surface area contributed by atoms with E-state index in [1.807, 2.05) is 23.6 Å². The average molecular weight is 680 g/mol. The maximum atomic E-state index is 14.3. The number of carboxylic acid groups (broad SMARTS) is 1. The van der Waals surface area contributed by atoms with Crippen molar-refractivity contribution in [3.05, 3.63) is 35.9 Å². The van der Waals surface area contributed by atoms with Crippen LogP contribution in [-0.4, -0.2) is 89.5 Å². The molecule has 5 atom stereocenters. The van der Waals surface area contributed by atoms with Crippen molar-refractivity contribution in [3.8, 4) is 17.4 Å². The van der Waals surface area contributed by atoms with Crippen molar-refractivity contribution in [2.45, 2.75) is 95.0 Å². The number of allylic oxidation sites excluding steroid dienone is 1. The molecule has 0 aromatic carbocycles. The Kier molecular flexibility index (Phi) is 9.16. The summed E-state index contributed by atoms with van der Waals surface area (Å²) in [7, 11) is 1.79. The Balaban J connectivity index is 1.32. The van der Waals surface area contributed by atoms with Gasteiger partial charge in [-0.2, -0.15) is 10.1 Å². The summed E-state index contributed by atoms with van der Waals surface area (Å²) in [5.41, 5.74) is -0.854. The Morgan fingerprint density at radius 1 is 1.17 bits per heavy atom. The Hall–Kier alpha value is -4.53. The first-order valence-corrected chi connectivity index (χ1v) is 17.1. The highest BCUT2D eigenvalue weighted by molar-refractivity contribution is 7.17. The van der Waals surface area contributed by atoms with Gasteiger partial charge in [-0.3, -0.25) is 14.3 Å². The van der Waals surface area contributed by atoms with Crippen molar-refractivity contribution in [1.82, 2.24) is 35.3 Å². The van der Waals surface area contributed by atoms with E-state index in [2.05, 4.69) is 20.7 Å². The zero-order chi connectivity index (χ0) is 34.2.